The molecule has 3 aliphatic heterocycles. The Kier molecular flexibility index (Phi) is 13.6. The van der Waals surface area contributed by atoms with Crippen LogP contribution in [0.15, 0.2) is 60.0 Å². The van der Waals surface area contributed by atoms with Crippen LogP contribution < -0.4 is 26.6 Å². The minimum atomic E-state index is -0.618. The number of rotatable bonds is 17. The van der Waals surface area contributed by atoms with Gasteiger partial charge in [0.15, 0.2) is 5.13 Å². The predicted octanol–water partition coefficient (Wildman–Crippen LogP) is 5.89. The van der Waals surface area contributed by atoms with E-state index >= 15 is 0 Å². The van der Waals surface area contributed by atoms with Gasteiger partial charge in [-0.05, 0) is 56.2 Å². The number of urea groups is 1. The molecule has 3 fully saturated rings. The van der Waals surface area contributed by atoms with E-state index in [9.17, 15) is 24.0 Å². The summed E-state index contributed by atoms with van der Waals surface area (Å²) >= 11 is 3.20. The first kappa shape index (κ1) is 38.1. The van der Waals surface area contributed by atoms with Crippen molar-refractivity contribution in [1.82, 2.24) is 25.8 Å². The van der Waals surface area contributed by atoms with Crippen LogP contribution >= 0.6 is 23.1 Å². The number of unbranched alkanes of at least 4 members (excludes halogenated alkanes) is 3. The SMILES string of the molecule is O=C(CCCCC1SC[C@@H]2NC(=O)N[C@H]12)NCCCCCC(=O)Nc1ccc(-c2csc(NC(=O)C3CCCN3C(=O)OCc3ccccc3)n2)cc1. The summed E-state index contributed by atoms with van der Waals surface area (Å²) in [6.45, 7) is 1.21. The molecule has 13 nitrogen and oxygen atoms in total. The summed E-state index contributed by atoms with van der Waals surface area (Å²) in [7, 11) is 0. The number of nitrogens with zero attached hydrogens (tertiary/aromatic N) is 2. The highest BCUT2D eigenvalue weighted by Crippen LogP contribution is 2.33. The highest BCUT2D eigenvalue weighted by Gasteiger charge is 2.42. The van der Waals surface area contributed by atoms with Gasteiger partial charge in [0.05, 0.1) is 17.8 Å². The lowest BCUT2D eigenvalue weighted by atomic mass is 10.0. The number of thiazole rings is 1. The maximum absolute atomic E-state index is 13.1. The Labute approximate surface area is 317 Å². The van der Waals surface area contributed by atoms with Gasteiger partial charge in [-0.1, -0.05) is 55.3 Å². The number of likely N-dealkylation sites (tertiary alicyclic amines) is 1. The van der Waals surface area contributed by atoms with Gasteiger partial charge in [-0.3, -0.25) is 19.3 Å². The molecular formula is C38H47N7O6S2. The predicted molar refractivity (Wildman–Crippen MR) is 207 cm³/mol. The van der Waals surface area contributed by atoms with E-state index in [1.165, 1.54) is 16.2 Å². The molecule has 3 aromatic rings. The second-order valence-corrected chi connectivity index (χ2v) is 15.7. The van der Waals surface area contributed by atoms with Crippen molar-refractivity contribution < 1.29 is 28.7 Å². The summed E-state index contributed by atoms with van der Waals surface area (Å²) in [5.41, 5.74) is 3.11. The zero-order valence-electron chi connectivity index (χ0n) is 29.6. The first-order valence-electron chi connectivity index (χ1n) is 18.4. The van der Waals surface area contributed by atoms with E-state index in [1.54, 1.807) is 0 Å². The maximum atomic E-state index is 13.1. The molecule has 15 heteroatoms. The van der Waals surface area contributed by atoms with Gasteiger partial charge in [0.25, 0.3) is 0 Å². The highest BCUT2D eigenvalue weighted by molar-refractivity contribution is 8.00. The normalized spacial score (nSPS) is 20.3. The van der Waals surface area contributed by atoms with Crippen LogP contribution in [-0.2, 0) is 25.7 Å². The van der Waals surface area contributed by atoms with Crippen LogP contribution in [0.5, 0.6) is 0 Å². The minimum absolute atomic E-state index is 0.0620. The Balaban J connectivity index is 0.826. The van der Waals surface area contributed by atoms with Gasteiger partial charge in [-0.25, -0.2) is 14.6 Å². The first-order valence-corrected chi connectivity index (χ1v) is 20.3. The van der Waals surface area contributed by atoms with E-state index in [2.05, 4.69) is 31.6 Å². The van der Waals surface area contributed by atoms with E-state index in [0.29, 0.717) is 54.1 Å². The molecule has 2 aromatic carbocycles. The standard InChI is InChI=1S/C38H47N7O6S2/c46-32(14-7-6-13-31-34-29(24-52-31)41-36(49)43-34)39-20-8-2-5-15-33(47)40-27-18-16-26(17-19-27)28-23-53-37(42-28)44-35(48)30-12-9-21-45(30)38(50)51-22-25-10-3-1-4-11-25/h1,3-4,10-11,16-19,23,29-31,34H,2,5-9,12-15,20-22,24H2,(H,39,46)(H,40,47)(H2,41,43,49)(H,42,44,48)/t29-,30?,31?,34-/m0/s1. The lowest BCUT2D eigenvalue weighted by Crippen LogP contribution is -2.43. The quantitative estimate of drug-likeness (QED) is 0.0838. The summed E-state index contributed by atoms with van der Waals surface area (Å²) in [5.74, 6) is 0.655. The number of amides is 6. The van der Waals surface area contributed by atoms with E-state index < -0.39 is 12.1 Å². The van der Waals surface area contributed by atoms with Gasteiger partial charge in [-0.15, -0.1) is 11.3 Å². The van der Waals surface area contributed by atoms with Crippen LogP contribution in [0.1, 0.15) is 69.8 Å². The third-order valence-electron chi connectivity index (χ3n) is 9.68. The number of carbonyl (C=O) groups excluding carboxylic acids is 5. The van der Waals surface area contributed by atoms with Gasteiger partial charge in [0.2, 0.25) is 17.7 Å². The molecule has 4 atom stereocenters. The van der Waals surface area contributed by atoms with Crippen LogP contribution in [0.25, 0.3) is 11.3 Å². The molecule has 3 aliphatic rings. The van der Waals surface area contributed by atoms with Gasteiger partial charge < -0.3 is 31.3 Å². The zero-order chi connectivity index (χ0) is 37.0. The average Bonchev–Trinajstić information content (AvgIpc) is 3.97. The molecule has 4 heterocycles. The van der Waals surface area contributed by atoms with Crippen LogP contribution in [-0.4, -0.2) is 81.9 Å². The zero-order valence-corrected chi connectivity index (χ0v) is 31.3. The fourth-order valence-corrected chi connectivity index (χ4v) is 9.10. The van der Waals surface area contributed by atoms with Crippen molar-refractivity contribution in [3.05, 3.63) is 65.5 Å². The van der Waals surface area contributed by atoms with Crippen molar-refractivity contribution in [2.24, 2.45) is 0 Å². The molecule has 53 heavy (non-hydrogen) atoms. The van der Waals surface area contributed by atoms with Gasteiger partial charge in [0, 0.05) is 53.6 Å². The molecule has 1 aromatic heterocycles. The molecule has 0 radical (unpaired) electrons. The number of fused-ring (bicyclic) bond motifs is 1. The Morgan fingerprint density at radius 3 is 2.53 bits per heavy atom. The van der Waals surface area contributed by atoms with E-state index in [1.807, 2.05) is 71.7 Å². The Hall–Kier alpha value is -4.63. The van der Waals surface area contributed by atoms with Gasteiger partial charge >= 0.3 is 12.1 Å². The van der Waals surface area contributed by atoms with E-state index in [0.717, 1.165) is 61.8 Å². The number of nitrogens with one attached hydrogen (secondary N) is 5. The highest BCUT2D eigenvalue weighted by atomic mass is 32.2. The van der Waals surface area contributed by atoms with E-state index in [-0.39, 0.29) is 42.4 Å². The lowest BCUT2D eigenvalue weighted by molar-refractivity contribution is -0.121. The summed E-state index contributed by atoms with van der Waals surface area (Å²) in [5, 5.41) is 17.5. The monoisotopic (exact) mass is 761 g/mol. The van der Waals surface area contributed by atoms with Crippen molar-refractivity contribution in [3.63, 3.8) is 0 Å². The second kappa shape index (κ2) is 18.9. The van der Waals surface area contributed by atoms with Crippen molar-refractivity contribution in [1.29, 1.82) is 0 Å². The van der Waals surface area contributed by atoms with Gasteiger partial charge in [0.1, 0.15) is 12.6 Å². The van der Waals surface area contributed by atoms with Crippen molar-refractivity contribution in [3.8, 4) is 11.3 Å². The first-order chi connectivity index (χ1) is 25.8. The molecule has 6 amide bonds. The van der Waals surface area contributed by atoms with Crippen LogP contribution in [0.4, 0.5) is 20.4 Å². The fourth-order valence-electron chi connectivity index (χ4n) is 6.84. The molecule has 0 aliphatic carbocycles. The molecule has 2 unspecified atom stereocenters. The molecule has 282 valence electrons. The van der Waals surface area contributed by atoms with Crippen molar-refractivity contribution in [2.75, 3.05) is 29.5 Å². The molecule has 0 saturated carbocycles. The summed E-state index contributed by atoms with van der Waals surface area (Å²) in [6, 6.07) is 16.6. The summed E-state index contributed by atoms with van der Waals surface area (Å²) < 4.78 is 5.46. The van der Waals surface area contributed by atoms with Gasteiger partial charge in [-0.2, -0.15) is 11.8 Å². The number of aromatic nitrogens is 1. The van der Waals surface area contributed by atoms with Crippen LogP contribution in [0.3, 0.4) is 0 Å². The molecule has 3 saturated heterocycles. The Bertz CT molecular complexity index is 1720. The molecule has 0 spiro atoms. The Morgan fingerprint density at radius 1 is 0.906 bits per heavy atom. The topological polar surface area (TPSA) is 171 Å². The average molecular weight is 762 g/mol. The van der Waals surface area contributed by atoms with E-state index in [4.69, 9.17) is 4.74 Å². The summed E-state index contributed by atoms with van der Waals surface area (Å²) in [6.07, 6.45) is 6.86. The van der Waals surface area contributed by atoms with Crippen LogP contribution in [0, 0.1) is 0 Å². The molecule has 5 N–H and O–H groups in total. The number of ether oxygens (including phenoxy) is 1. The second-order valence-electron chi connectivity index (χ2n) is 13.6. The fraction of sp³-hybridized carbons (Fsp3) is 0.474. The largest absolute Gasteiger partial charge is 0.445 e. The number of hydrogen-bond donors (Lipinski definition) is 5. The number of benzene rings is 2. The van der Waals surface area contributed by atoms with Crippen LogP contribution in [0.2, 0.25) is 0 Å². The smallest absolute Gasteiger partial charge is 0.410 e. The third-order valence-corrected chi connectivity index (χ3v) is 11.9. The number of hydrogen-bond acceptors (Lipinski definition) is 9. The molecule has 0 bridgehead atoms. The molecule has 6 rings (SSSR count). The third kappa shape index (κ3) is 10.9. The summed E-state index contributed by atoms with van der Waals surface area (Å²) in [4.78, 5) is 68.1. The molecular weight excluding hydrogens is 715 g/mol. The minimum Gasteiger partial charge on any atom is -0.445 e. The Morgan fingerprint density at radius 2 is 1.70 bits per heavy atom. The number of carbonyl (C=O) groups is 5. The lowest BCUT2D eigenvalue weighted by Gasteiger charge is -2.22. The van der Waals surface area contributed by atoms with Crippen molar-refractivity contribution in [2.45, 2.75) is 94.2 Å². The van der Waals surface area contributed by atoms with Crippen molar-refractivity contribution >= 4 is 63.8 Å². The number of thioether (sulfide) groups is 1. The number of anilines is 2. The maximum Gasteiger partial charge on any atom is 0.410 e.